The van der Waals surface area contributed by atoms with Gasteiger partial charge in [0.2, 0.25) is 0 Å². The van der Waals surface area contributed by atoms with Gasteiger partial charge in [-0.15, -0.1) is 6.58 Å². The van der Waals surface area contributed by atoms with Crippen LogP contribution in [-0.4, -0.2) is 0 Å². The van der Waals surface area contributed by atoms with Gasteiger partial charge in [-0.2, -0.15) is 0 Å². The SMILES string of the molecule is [CH2]C(CC=C)c1ccc(Cl)cc1Cl. The van der Waals surface area contributed by atoms with Gasteiger partial charge in [-0.05, 0) is 37.0 Å². The second-order valence-corrected chi connectivity index (χ2v) is 3.73. The number of allylic oxidation sites excluding steroid dienone is 1. The van der Waals surface area contributed by atoms with E-state index < -0.39 is 0 Å². The van der Waals surface area contributed by atoms with E-state index in [1.54, 1.807) is 6.07 Å². The third-order valence-electron chi connectivity index (χ3n) is 1.85. The molecule has 0 N–H and O–H groups in total. The molecule has 69 valence electrons. The van der Waals surface area contributed by atoms with E-state index in [0.717, 1.165) is 12.0 Å². The van der Waals surface area contributed by atoms with E-state index in [2.05, 4.69) is 13.5 Å². The largest absolute Gasteiger partial charge is 0.103 e. The zero-order chi connectivity index (χ0) is 9.84. The molecule has 1 rings (SSSR count). The normalized spacial score (nSPS) is 12.5. The fraction of sp³-hybridized carbons (Fsp3) is 0.182. The van der Waals surface area contributed by atoms with Crippen LogP contribution in [0.1, 0.15) is 17.9 Å². The standard InChI is InChI=1S/C11H11Cl2/c1-3-4-8(2)10-6-5-9(12)7-11(10)13/h3,5-8H,1-2,4H2. The molecule has 1 radical (unpaired) electrons. The molecule has 1 aromatic carbocycles. The third-order valence-corrected chi connectivity index (χ3v) is 2.42. The fourth-order valence-corrected chi connectivity index (χ4v) is 1.72. The highest BCUT2D eigenvalue weighted by Crippen LogP contribution is 2.28. The van der Waals surface area contributed by atoms with Crippen LogP contribution in [0.15, 0.2) is 30.9 Å². The van der Waals surface area contributed by atoms with Crippen molar-refractivity contribution in [1.82, 2.24) is 0 Å². The Morgan fingerprint density at radius 1 is 1.38 bits per heavy atom. The molecule has 0 heterocycles. The Morgan fingerprint density at radius 2 is 2.08 bits per heavy atom. The molecule has 0 aromatic heterocycles. The third kappa shape index (κ3) is 2.75. The highest BCUT2D eigenvalue weighted by atomic mass is 35.5. The van der Waals surface area contributed by atoms with Crippen molar-refractivity contribution in [1.29, 1.82) is 0 Å². The molecule has 0 saturated heterocycles. The lowest BCUT2D eigenvalue weighted by molar-refractivity contribution is 0.862. The van der Waals surface area contributed by atoms with Crippen molar-refractivity contribution < 1.29 is 0 Å². The van der Waals surface area contributed by atoms with E-state index in [1.807, 2.05) is 18.2 Å². The lowest BCUT2D eigenvalue weighted by Gasteiger charge is -2.10. The summed E-state index contributed by atoms with van der Waals surface area (Å²) in [5.74, 6) is 0.155. The minimum absolute atomic E-state index is 0.155. The van der Waals surface area contributed by atoms with Gasteiger partial charge in [0.25, 0.3) is 0 Å². The van der Waals surface area contributed by atoms with Crippen molar-refractivity contribution in [3.8, 4) is 0 Å². The minimum Gasteiger partial charge on any atom is -0.103 e. The average molecular weight is 214 g/mol. The zero-order valence-corrected chi connectivity index (χ0v) is 8.78. The van der Waals surface area contributed by atoms with Gasteiger partial charge in [-0.25, -0.2) is 0 Å². The number of rotatable bonds is 3. The molecular weight excluding hydrogens is 203 g/mol. The van der Waals surface area contributed by atoms with E-state index in [4.69, 9.17) is 23.2 Å². The zero-order valence-electron chi connectivity index (χ0n) is 7.26. The number of benzene rings is 1. The van der Waals surface area contributed by atoms with Crippen LogP contribution in [0.25, 0.3) is 0 Å². The maximum atomic E-state index is 6.00. The van der Waals surface area contributed by atoms with Crippen LogP contribution in [0.3, 0.4) is 0 Å². The predicted octanol–water partition coefficient (Wildman–Crippen LogP) is 4.49. The van der Waals surface area contributed by atoms with Crippen molar-refractivity contribution in [3.63, 3.8) is 0 Å². The molecule has 0 bridgehead atoms. The maximum Gasteiger partial charge on any atom is 0.0455 e. The summed E-state index contributed by atoms with van der Waals surface area (Å²) in [4.78, 5) is 0. The van der Waals surface area contributed by atoms with E-state index in [9.17, 15) is 0 Å². The van der Waals surface area contributed by atoms with Gasteiger partial charge in [0.1, 0.15) is 0 Å². The molecule has 0 aliphatic heterocycles. The van der Waals surface area contributed by atoms with Crippen LogP contribution in [0.2, 0.25) is 10.0 Å². The summed E-state index contributed by atoms with van der Waals surface area (Å²) in [5, 5.41) is 1.33. The minimum atomic E-state index is 0.155. The Kier molecular flexibility index (Phi) is 3.83. The number of halogens is 2. The lowest BCUT2D eigenvalue weighted by Crippen LogP contribution is -1.92. The molecule has 0 spiro atoms. The summed E-state index contributed by atoms with van der Waals surface area (Å²) >= 11 is 11.8. The van der Waals surface area contributed by atoms with Crippen molar-refractivity contribution in [2.45, 2.75) is 12.3 Å². The van der Waals surface area contributed by atoms with Gasteiger partial charge >= 0.3 is 0 Å². The molecule has 0 amide bonds. The van der Waals surface area contributed by atoms with Crippen LogP contribution in [0.4, 0.5) is 0 Å². The monoisotopic (exact) mass is 213 g/mol. The second kappa shape index (κ2) is 4.69. The van der Waals surface area contributed by atoms with Gasteiger partial charge in [0.05, 0.1) is 0 Å². The lowest BCUT2D eigenvalue weighted by atomic mass is 9.98. The molecule has 1 aromatic rings. The first-order chi connectivity index (χ1) is 6.15. The van der Waals surface area contributed by atoms with Crippen LogP contribution >= 0.6 is 23.2 Å². The molecule has 0 fully saturated rings. The van der Waals surface area contributed by atoms with Crippen LogP contribution in [-0.2, 0) is 0 Å². The Hall–Kier alpha value is -0.460. The van der Waals surface area contributed by atoms with Crippen molar-refractivity contribution in [2.24, 2.45) is 0 Å². The quantitative estimate of drug-likeness (QED) is 0.650. The Bertz CT molecular complexity index is 305. The number of hydrogen-bond acceptors (Lipinski definition) is 0. The average Bonchev–Trinajstić information content (AvgIpc) is 2.04. The molecule has 2 heteroatoms. The Balaban J connectivity index is 2.94. The first-order valence-corrected chi connectivity index (χ1v) is 4.79. The predicted molar refractivity (Wildman–Crippen MR) is 59.4 cm³/mol. The van der Waals surface area contributed by atoms with Gasteiger partial charge in [0, 0.05) is 10.0 Å². The van der Waals surface area contributed by atoms with Crippen molar-refractivity contribution in [3.05, 3.63) is 53.4 Å². The molecule has 0 saturated carbocycles. The summed E-state index contributed by atoms with van der Waals surface area (Å²) in [6.45, 7) is 7.65. The van der Waals surface area contributed by atoms with E-state index >= 15 is 0 Å². The Labute approximate surface area is 89.2 Å². The molecule has 0 aliphatic carbocycles. The van der Waals surface area contributed by atoms with Gasteiger partial charge in [0.15, 0.2) is 0 Å². The molecular formula is C11H11Cl2. The molecule has 0 aliphatic rings. The fourth-order valence-electron chi connectivity index (χ4n) is 1.16. The molecule has 0 nitrogen and oxygen atoms in total. The van der Waals surface area contributed by atoms with E-state index in [0.29, 0.717) is 10.0 Å². The molecule has 13 heavy (non-hydrogen) atoms. The molecule has 1 unspecified atom stereocenters. The maximum absolute atomic E-state index is 6.00. The van der Waals surface area contributed by atoms with Crippen molar-refractivity contribution >= 4 is 23.2 Å². The molecule has 1 atom stereocenters. The first kappa shape index (κ1) is 10.6. The summed E-state index contributed by atoms with van der Waals surface area (Å²) in [7, 11) is 0. The summed E-state index contributed by atoms with van der Waals surface area (Å²) in [5.41, 5.74) is 1.02. The van der Waals surface area contributed by atoms with Crippen LogP contribution in [0, 0.1) is 6.92 Å². The van der Waals surface area contributed by atoms with E-state index in [-0.39, 0.29) is 5.92 Å². The number of hydrogen-bond donors (Lipinski definition) is 0. The van der Waals surface area contributed by atoms with E-state index in [1.165, 1.54) is 0 Å². The summed E-state index contributed by atoms with van der Waals surface area (Å²) < 4.78 is 0. The summed E-state index contributed by atoms with van der Waals surface area (Å²) in [6, 6.07) is 5.47. The summed E-state index contributed by atoms with van der Waals surface area (Å²) in [6.07, 6.45) is 2.66. The first-order valence-electron chi connectivity index (χ1n) is 4.04. The highest BCUT2D eigenvalue weighted by Gasteiger charge is 2.07. The van der Waals surface area contributed by atoms with Crippen LogP contribution < -0.4 is 0 Å². The van der Waals surface area contributed by atoms with Gasteiger partial charge in [-0.1, -0.05) is 35.3 Å². The van der Waals surface area contributed by atoms with Crippen LogP contribution in [0.5, 0.6) is 0 Å². The van der Waals surface area contributed by atoms with Gasteiger partial charge in [-0.3, -0.25) is 0 Å². The highest BCUT2D eigenvalue weighted by molar-refractivity contribution is 6.35. The van der Waals surface area contributed by atoms with Crippen molar-refractivity contribution in [2.75, 3.05) is 0 Å². The Morgan fingerprint density at radius 3 is 2.62 bits per heavy atom. The second-order valence-electron chi connectivity index (χ2n) is 2.89. The smallest absolute Gasteiger partial charge is 0.0455 e. The van der Waals surface area contributed by atoms with Gasteiger partial charge < -0.3 is 0 Å². The topological polar surface area (TPSA) is 0 Å².